The quantitative estimate of drug-likeness (QED) is 0.889. The van der Waals surface area contributed by atoms with Gasteiger partial charge in [0.15, 0.2) is 0 Å². The lowest BCUT2D eigenvalue weighted by atomic mass is 10.0. The highest BCUT2D eigenvalue weighted by molar-refractivity contribution is 7.16. The molecule has 102 valence electrons. The zero-order valence-corrected chi connectivity index (χ0v) is 12.2. The summed E-state index contributed by atoms with van der Waals surface area (Å²) in [6.45, 7) is 5.73. The van der Waals surface area contributed by atoms with Crippen LogP contribution in [0.25, 0.3) is 0 Å². The highest BCUT2D eigenvalue weighted by Gasteiger charge is 2.23. The molecule has 0 spiro atoms. The second kappa shape index (κ2) is 6.18. The fourth-order valence-corrected chi connectivity index (χ4v) is 3.58. The predicted molar refractivity (Wildman–Crippen MR) is 77.1 cm³/mol. The van der Waals surface area contributed by atoms with Gasteiger partial charge >= 0.3 is 0 Å². The number of amides is 1. The molecule has 0 aliphatic carbocycles. The number of rotatable bonds is 4. The lowest BCUT2D eigenvalue weighted by Gasteiger charge is -2.12. The van der Waals surface area contributed by atoms with Crippen molar-refractivity contribution >= 4 is 22.2 Å². The van der Waals surface area contributed by atoms with Crippen LogP contribution in [0.1, 0.15) is 42.7 Å². The highest BCUT2D eigenvalue weighted by Crippen LogP contribution is 2.35. The maximum absolute atomic E-state index is 12.1. The first-order chi connectivity index (χ1) is 9.21. The fourth-order valence-electron chi connectivity index (χ4n) is 2.41. The molecule has 1 aromatic heterocycles. The molecule has 5 heteroatoms. The molecule has 1 aliphatic heterocycles. The van der Waals surface area contributed by atoms with Crippen LogP contribution in [0.5, 0.6) is 0 Å². The Balaban J connectivity index is 2.23. The number of hydrogen-bond acceptors (Lipinski definition) is 4. The average molecular weight is 277 g/mol. The monoisotopic (exact) mass is 277 g/mol. The van der Waals surface area contributed by atoms with Crippen molar-refractivity contribution in [1.29, 1.82) is 5.26 Å². The van der Waals surface area contributed by atoms with Gasteiger partial charge in [-0.1, -0.05) is 13.8 Å². The van der Waals surface area contributed by atoms with Gasteiger partial charge in [0.05, 0.1) is 5.56 Å². The van der Waals surface area contributed by atoms with Crippen molar-refractivity contribution in [3.8, 4) is 6.07 Å². The van der Waals surface area contributed by atoms with Gasteiger partial charge in [-0.3, -0.25) is 4.79 Å². The van der Waals surface area contributed by atoms with Crippen molar-refractivity contribution in [3.05, 3.63) is 16.0 Å². The molecule has 0 radical (unpaired) electrons. The molecule has 4 nitrogen and oxygen atoms in total. The van der Waals surface area contributed by atoms with Crippen LogP contribution in [-0.4, -0.2) is 12.5 Å². The number of fused-ring (bicyclic) bond motifs is 1. The van der Waals surface area contributed by atoms with Crippen molar-refractivity contribution in [3.63, 3.8) is 0 Å². The molecule has 0 aromatic carbocycles. The average Bonchev–Trinajstić information content (AvgIpc) is 2.77. The third kappa shape index (κ3) is 2.80. The van der Waals surface area contributed by atoms with E-state index in [4.69, 9.17) is 0 Å². The summed E-state index contributed by atoms with van der Waals surface area (Å²) < 4.78 is 0. The van der Waals surface area contributed by atoms with E-state index in [0.717, 1.165) is 42.9 Å². The first kappa shape index (κ1) is 14.0. The summed E-state index contributed by atoms with van der Waals surface area (Å²) in [5.41, 5.74) is 1.78. The number of thiophene rings is 1. The van der Waals surface area contributed by atoms with Crippen molar-refractivity contribution in [1.82, 2.24) is 5.32 Å². The van der Waals surface area contributed by atoms with Crippen LogP contribution in [0.4, 0.5) is 5.00 Å². The van der Waals surface area contributed by atoms with Gasteiger partial charge in [-0.05, 0) is 31.4 Å². The minimum absolute atomic E-state index is 0.0313. The highest BCUT2D eigenvalue weighted by atomic mass is 32.1. The maximum Gasteiger partial charge on any atom is 0.228 e. The van der Waals surface area contributed by atoms with E-state index in [-0.39, 0.29) is 11.8 Å². The summed E-state index contributed by atoms with van der Waals surface area (Å²) in [4.78, 5) is 13.3. The van der Waals surface area contributed by atoms with Gasteiger partial charge in [-0.2, -0.15) is 5.26 Å². The second-order valence-electron chi connectivity index (χ2n) is 4.75. The SMILES string of the molecule is CCC(CC)C(=O)Nc1sc2c(c1C#N)CCNC2. The van der Waals surface area contributed by atoms with Gasteiger partial charge in [-0.25, -0.2) is 0 Å². The second-order valence-corrected chi connectivity index (χ2v) is 5.85. The van der Waals surface area contributed by atoms with E-state index in [2.05, 4.69) is 16.7 Å². The zero-order valence-electron chi connectivity index (χ0n) is 11.4. The first-order valence-corrected chi connectivity index (χ1v) is 7.59. The van der Waals surface area contributed by atoms with Crippen LogP contribution in [0.15, 0.2) is 0 Å². The van der Waals surface area contributed by atoms with Crippen LogP contribution in [-0.2, 0) is 17.8 Å². The molecule has 1 amide bonds. The molecule has 19 heavy (non-hydrogen) atoms. The van der Waals surface area contributed by atoms with E-state index in [9.17, 15) is 10.1 Å². The van der Waals surface area contributed by atoms with E-state index >= 15 is 0 Å². The summed E-state index contributed by atoms with van der Waals surface area (Å²) in [6, 6.07) is 2.25. The Kier molecular flexibility index (Phi) is 4.56. The molecule has 2 rings (SSSR count). The molecule has 0 unspecified atom stereocenters. The Morgan fingerprint density at radius 3 is 2.89 bits per heavy atom. The van der Waals surface area contributed by atoms with Crippen LogP contribution in [0, 0.1) is 17.2 Å². The van der Waals surface area contributed by atoms with E-state index in [1.54, 1.807) is 0 Å². The summed E-state index contributed by atoms with van der Waals surface area (Å²) in [6.07, 6.45) is 2.53. The Morgan fingerprint density at radius 2 is 2.26 bits per heavy atom. The third-order valence-electron chi connectivity index (χ3n) is 3.63. The molecule has 0 saturated carbocycles. The van der Waals surface area contributed by atoms with Gasteiger partial charge in [0.2, 0.25) is 5.91 Å². The lowest BCUT2D eigenvalue weighted by molar-refractivity contribution is -0.120. The Hall–Kier alpha value is -1.38. The fraction of sp³-hybridized carbons (Fsp3) is 0.571. The zero-order chi connectivity index (χ0) is 13.8. The molecule has 0 atom stereocenters. The number of carbonyl (C=O) groups excluding carboxylic acids is 1. The van der Waals surface area contributed by atoms with Gasteiger partial charge in [0.25, 0.3) is 0 Å². The van der Waals surface area contributed by atoms with E-state index < -0.39 is 0 Å². The largest absolute Gasteiger partial charge is 0.316 e. The van der Waals surface area contributed by atoms with Crippen LogP contribution in [0.3, 0.4) is 0 Å². The summed E-state index contributed by atoms with van der Waals surface area (Å²) >= 11 is 1.54. The van der Waals surface area contributed by atoms with Crippen LogP contribution in [0.2, 0.25) is 0 Å². The smallest absolute Gasteiger partial charge is 0.228 e. The molecule has 0 saturated heterocycles. The van der Waals surface area contributed by atoms with Crippen molar-refractivity contribution in [2.24, 2.45) is 5.92 Å². The number of nitrogens with one attached hydrogen (secondary N) is 2. The van der Waals surface area contributed by atoms with E-state index in [1.165, 1.54) is 16.2 Å². The maximum atomic E-state index is 12.1. The molecule has 0 fully saturated rings. The van der Waals surface area contributed by atoms with Crippen molar-refractivity contribution < 1.29 is 4.79 Å². The Morgan fingerprint density at radius 1 is 1.53 bits per heavy atom. The van der Waals surface area contributed by atoms with Gasteiger partial charge in [0, 0.05) is 17.3 Å². The molecule has 1 aliphatic rings. The van der Waals surface area contributed by atoms with Crippen LogP contribution >= 0.6 is 11.3 Å². The number of anilines is 1. The van der Waals surface area contributed by atoms with E-state index in [0.29, 0.717) is 5.56 Å². The third-order valence-corrected chi connectivity index (χ3v) is 4.78. The summed E-state index contributed by atoms with van der Waals surface area (Å²) in [7, 11) is 0. The topological polar surface area (TPSA) is 64.9 Å². The van der Waals surface area contributed by atoms with Crippen LogP contribution < -0.4 is 10.6 Å². The molecule has 2 N–H and O–H groups in total. The molecule has 2 heterocycles. The predicted octanol–water partition coefficient (Wildman–Crippen LogP) is 2.64. The van der Waals surface area contributed by atoms with Crippen molar-refractivity contribution in [2.45, 2.75) is 39.7 Å². The Bertz CT molecular complexity index is 511. The summed E-state index contributed by atoms with van der Waals surface area (Å²) in [5.74, 6) is 0.0665. The lowest BCUT2D eigenvalue weighted by Crippen LogP contribution is -2.22. The normalized spacial score (nSPS) is 14.0. The molecule has 0 bridgehead atoms. The Labute approximate surface area is 117 Å². The number of nitriles is 1. The first-order valence-electron chi connectivity index (χ1n) is 6.77. The molecular weight excluding hydrogens is 258 g/mol. The minimum atomic E-state index is 0.0313. The molecular formula is C14H19N3OS. The number of carbonyl (C=O) groups is 1. The summed E-state index contributed by atoms with van der Waals surface area (Å²) in [5, 5.41) is 16.3. The standard InChI is InChI=1S/C14H19N3OS/c1-3-9(4-2)13(18)17-14-11(7-15)10-5-6-16-8-12(10)19-14/h9,16H,3-6,8H2,1-2H3,(H,17,18). The van der Waals surface area contributed by atoms with Gasteiger partial charge < -0.3 is 10.6 Å². The minimum Gasteiger partial charge on any atom is -0.316 e. The van der Waals surface area contributed by atoms with Gasteiger partial charge in [-0.15, -0.1) is 11.3 Å². The number of hydrogen-bond donors (Lipinski definition) is 2. The van der Waals surface area contributed by atoms with E-state index in [1.807, 2.05) is 13.8 Å². The number of nitrogens with zero attached hydrogens (tertiary/aromatic N) is 1. The van der Waals surface area contributed by atoms with Crippen molar-refractivity contribution in [2.75, 3.05) is 11.9 Å². The molecule has 1 aromatic rings. The van der Waals surface area contributed by atoms with Gasteiger partial charge in [0.1, 0.15) is 11.1 Å².